The molecule has 0 atom stereocenters. The monoisotopic (exact) mass is 434 g/mol. The molecule has 0 aromatic heterocycles. The highest BCUT2D eigenvalue weighted by atomic mass is 32.2. The summed E-state index contributed by atoms with van der Waals surface area (Å²) < 4.78 is 53.2. The fourth-order valence-electron chi connectivity index (χ4n) is 2.99. The van der Waals surface area contributed by atoms with Crippen molar-refractivity contribution in [2.24, 2.45) is 0 Å². The minimum Gasteiger partial charge on any atom is -0.295 e. The minimum atomic E-state index is -3.75. The lowest BCUT2D eigenvalue weighted by atomic mass is 10.2. The van der Waals surface area contributed by atoms with Crippen molar-refractivity contribution >= 4 is 31.9 Å². The summed E-state index contributed by atoms with van der Waals surface area (Å²) in [5.74, 6) is -0.142. The van der Waals surface area contributed by atoms with Gasteiger partial charge in [-0.1, -0.05) is 42.5 Å². The Morgan fingerprint density at radius 3 is 1.93 bits per heavy atom. The minimum absolute atomic E-state index is 0.0647. The number of carbonyl (C=O) groups is 1. The van der Waals surface area contributed by atoms with Gasteiger partial charge in [0.2, 0.25) is 20.0 Å². The van der Waals surface area contributed by atoms with Crippen LogP contribution in [0.25, 0.3) is 6.08 Å². The second-order valence-electron chi connectivity index (χ2n) is 6.64. The summed E-state index contributed by atoms with van der Waals surface area (Å²) in [5.41, 5.74) is 1.20. The summed E-state index contributed by atoms with van der Waals surface area (Å²) in [5, 5.41) is 1.15. The molecule has 1 heterocycles. The summed E-state index contributed by atoms with van der Waals surface area (Å²) in [7, 11) is -7.38. The van der Waals surface area contributed by atoms with Gasteiger partial charge in [0.25, 0.3) is 0 Å². The Morgan fingerprint density at radius 1 is 0.828 bits per heavy atom. The third-order valence-corrected chi connectivity index (χ3v) is 8.17. The summed E-state index contributed by atoms with van der Waals surface area (Å²) in [6.07, 6.45) is 1.52. The smallest absolute Gasteiger partial charge is 0.243 e. The van der Waals surface area contributed by atoms with Crippen LogP contribution in [-0.2, 0) is 20.0 Å². The Labute approximate surface area is 171 Å². The fraction of sp³-hybridized carbons (Fsp3) is 0.250. The van der Waals surface area contributed by atoms with Gasteiger partial charge in [-0.3, -0.25) is 4.79 Å². The molecule has 9 heteroatoms. The van der Waals surface area contributed by atoms with Crippen LogP contribution in [0.4, 0.5) is 0 Å². The summed E-state index contributed by atoms with van der Waals surface area (Å²) in [6, 6.07) is 14.8. The molecule has 154 valence electrons. The second-order valence-corrected chi connectivity index (χ2v) is 10.4. The average Bonchev–Trinajstić information content (AvgIpc) is 2.73. The number of hydrogen-bond donors (Lipinski definition) is 0. The predicted octanol–water partition coefficient (Wildman–Crippen LogP) is 2.20. The van der Waals surface area contributed by atoms with Gasteiger partial charge < -0.3 is 0 Å². The first-order valence-electron chi connectivity index (χ1n) is 9.04. The Balaban J connectivity index is 1.67. The van der Waals surface area contributed by atoms with Crippen LogP contribution >= 0.6 is 0 Å². The maximum Gasteiger partial charge on any atom is 0.243 e. The molecule has 0 spiro atoms. The predicted molar refractivity (Wildman–Crippen MR) is 111 cm³/mol. The Hall–Kier alpha value is -2.33. The van der Waals surface area contributed by atoms with Crippen molar-refractivity contribution < 1.29 is 21.6 Å². The highest BCUT2D eigenvalue weighted by Gasteiger charge is 2.32. The molecular weight excluding hydrogens is 412 g/mol. The number of sulfonamides is 2. The van der Waals surface area contributed by atoms with Crippen molar-refractivity contribution in [1.29, 1.82) is 0 Å². The largest absolute Gasteiger partial charge is 0.295 e. The molecule has 1 aliphatic heterocycles. The van der Waals surface area contributed by atoms with Crippen LogP contribution in [0.15, 0.2) is 64.9 Å². The summed E-state index contributed by atoms with van der Waals surface area (Å²) in [6.45, 7) is 1.69. The summed E-state index contributed by atoms with van der Waals surface area (Å²) >= 11 is 0. The Morgan fingerprint density at radius 2 is 1.38 bits per heavy atom. The van der Waals surface area contributed by atoms with E-state index in [-0.39, 0.29) is 36.9 Å². The molecule has 0 bridgehead atoms. The molecule has 0 aliphatic carbocycles. The van der Waals surface area contributed by atoms with Crippen molar-refractivity contribution in [3.05, 3.63) is 71.1 Å². The van der Waals surface area contributed by atoms with Gasteiger partial charge in [-0.2, -0.15) is 8.61 Å². The molecule has 7 nitrogen and oxygen atoms in total. The van der Waals surface area contributed by atoms with Crippen molar-refractivity contribution in [2.75, 3.05) is 26.2 Å². The fourth-order valence-corrected chi connectivity index (χ4v) is 5.59. The molecule has 1 saturated heterocycles. The molecule has 0 N–H and O–H groups in total. The topological polar surface area (TPSA) is 91.8 Å². The zero-order chi connectivity index (χ0) is 21.1. The normalized spacial score (nSPS) is 16.9. The highest BCUT2D eigenvalue weighted by molar-refractivity contribution is 7.92. The van der Waals surface area contributed by atoms with E-state index in [0.717, 1.165) is 11.0 Å². The van der Waals surface area contributed by atoms with E-state index < -0.39 is 20.0 Å². The number of benzene rings is 2. The number of piperazine rings is 1. The number of rotatable bonds is 6. The van der Waals surface area contributed by atoms with Crippen molar-refractivity contribution in [2.45, 2.75) is 11.8 Å². The first-order chi connectivity index (χ1) is 13.7. The van der Waals surface area contributed by atoms with Gasteiger partial charge in [0.15, 0.2) is 5.78 Å². The van der Waals surface area contributed by atoms with Gasteiger partial charge >= 0.3 is 0 Å². The molecule has 0 saturated carbocycles. The zero-order valence-corrected chi connectivity index (χ0v) is 17.6. The van der Waals surface area contributed by atoms with Crippen molar-refractivity contribution in [1.82, 2.24) is 8.61 Å². The number of nitrogens with zero attached hydrogens (tertiary/aromatic N) is 2. The van der Waals surface area contributed by atoms with Gasteiger partial charge in [0.05, 0.1) is 4.90 Å². The van der Waals surface area contributed by atoms with Gasteiger partial charge in [0, 0.05) is 37.2 Å². The quantitative estimate of drug-likeness (QED) is 0.650. The molecule has 1 aliphatic rings. The van der Waals surface area contributed by atoms with E-state index >= 15 is 0 Å². The van der Waals surface area contributed by atoms with Crippen LogP contribution in [-0.4, -0.2) is 57.4 Å². The molecule has 0 unspecified atom stereocenters. The SMILES string of the molecule is CC(=O)c1ccc(S(=O)(=O)N2CCN(S(=O)(=O)/C=C/c3ccccc3)CC2)cc1. The van der Waals surface area contributed by atoms with E-state index in [4.69, 9.17) is 0 Å². The van der Waals surface area contributed by atoms with Crippen LogP contribution in [0.5, 0.6) is 0 Å². The third kappa shape index (κ3) is 4.99. The van der Waals surface area contributed by atoms with Crippen molar-refractivity contribution in [3.8, 4) is 0 Å². The van der Waals surface area contributed by atoms with Gasteiger partial charge in [-0.05, 0) is 30.7 Å². The molecule has 2 aromatic rings. The van der Waals surface area contributed by atoms with Crippen LogP contribution in [0.1, 0.15) is 22.8 Å². The van der Waals surface area contributed by atoms with Crippen LogP contribution in [0.3, 0.4) is 0 Å². The lowest BCUT2D eigenvalue weighted by molar-refractivity contribution is 0.101. The molecule has 3 rings (SSSR count). The van der Waals surface area contributed by atoms with E-state index in [1.165, 1.54) is 45.9 Å². The van der Waals surface area contributed by atoms with Crippen LogP contribution in [0.2, 0.25) is 0 Å². The molecule has 29 heavy (non-hydrogen) atoms. The van der Waals surface area contributed by atoms with Crippen LogP contribution < -0.4 is 0 Å². The van der Waals surface area contributed by atoms with Crippen molar-refractivity contribution in [3.63, 3.8) is 0 Å². The first kappa shape index (κ1) is 21.4. The van der Waals surface area contributed by atoms with E-state index in [0.29, 0.717) is 5.56 Å². The van der Waals surface area contributed by atoms with Gasteiger partial charge in [-0.15, -0.1) is 0 Å². The molecular formula is C20H22N2O5S2. The number of ketones is 1. The van der Waals surface area contributed by atoms with Gasteiger partial charge in [0.1, 0.15) is 0 Å². The van der Waals surface area contributed by atoms with Gasteiger partial charge in [-0.25, -0.2) is 16.8 Å². The lowest BCUT2D eigenvalue weighted by Gasteiger charge is -2.32. The maximum atomic E-state index is 12.8. The second kappa shape index (κ2) is 8.58. The number of hydrogen-bond acceptors (Lipinski definition) is 5. The Bertz CT molecular complexity index is 1100. The third-order valence-electron chi connectivity index (χ3n) is 4.69. The zero-order valence-electron chi connectivity index (χ0n) is 15.9. The molecule has 1 fully saturated rings. The summed E-state index contributed by atoms with van der Waals surface area (Å²) in [4.78, 5) is 11.4. The Kier molecular flexibility index (Phi) is 6.33. The lowest BCUT2D eigenvalue weighted by Crippen LogP contribution is -2.49. The first-order valence-corrected chi connectivity index (χ1v) is 12.0. The standard InChI is InChI=1S/C20H22N2O5S2/c1-17(23)19-7-9-20(10-8-19)29(26,27)22-14-12-21(13-15-22)28(24,25)16-11-18-5-3-2-4-6-18/h2-11,16H,12-15H2,1H3/b16-11+. The van der Waals surface area contributed by atoms with E-state index in [9.17, 15) is 21.6 Å². The number of carbonyl (C=O) groups excluding carboxylic acids is 1. The average molecular weight is 435 g/mol. The maximum absolute atomic E-state index is 12.8. The van der Waals surface area contributed by atoms with Crippen LogP contribution in [0, 0.1) is 0 Å². The molecule has 0 radical (unpaired) electrons. The molecule has 0 amide bonds. The highest BCUT2D eigenvalue weighted by Crippen LogP contribution is 2.20. The number of Topliss-reactive ketones (excluding diaryl/α,β-unsaturated/α-hetero) is 1. The molecule has 2 aromatic carbocycles. The van der Waals surface area contributed by atoms with E-state index in [2.05, 4.69) is 0 Å². The van der Waals surface area contributed by atoms with E-state index in [1.807, 2.05) is 18.2 Å². The van der Waals surface area contributed by atoms with E-state index in [1.54, 1.807) is 12.1 Å².